The van der Waals surface area contributed by atoms with Crippen LogP contribution in [0, 0.1) is 0 Å². The van der Waals surface area contributed by atoms with Crippen molar-refractivity contribution in [2.24, 2.45) is 5.73 Å². The van der Waals surface area contributed by atoms with Gasteiger partial charge in [0.15, 0.2) is 11.3 Å². The number of rotatable bonds is 0. The van der Waals surface area contributed by atoms with Crippen molar-refractivity contribution in [1.82, 2.24) is 4.90 Å². The van der Waals surface area contributed by atoms with Crippen LogP contribution in [0.5, 0.6) is 0 Å². The van der Waals surface area contributed by atoms with Gasteiger partial charge < -0.3 is 15.4 Å². The molecule has 1 aliphatic heterocycles. The largest absolute Gasteiger partial charge is 0.444 e. The first-order valence-corrected chi connectivity index (χ1v) is 5.21. The first kappa shape index (κ1) is 11.6. The molecule has 0 aromatic heterocycles. The van der Waals surface area contributed by atoms with Crippen LogP contribution >= 0.6 is 0 Å². The highest BCUT2D eigenvalue weighted by Gasteiger charge is 2.84. The van der Waals surface area contributed by atoms with E-state index in [1.165, 1.54) is 0 Å². The van der Waals surface area contributed by atoms with Crippen LogP contribution in [-0.4, -0.2) is 47.1 Å². The molecular formula is C10H16F2N2O2. The summed E-state index contributed by atoms with van der Waals surface area (Å²) in [7, 11) is 0. The summed E-state index contributed by atoms with van der Waals surface area (Å²) in [6.45, 7) is 4.46. The molecule has 1 heterocycles. The van der Waals surface area contributed by atoms with E-state index in [0.29, 0.717) is 0 Å². The maximum Gasteiger partial charge on any atom is 0.410 e. The minimum absolute atomic E-state index is 0.320. The van der Waals surface area contributed by atoms with Gasteiger partial charge in [-0.05, 0) is 20.8 Å². The summed E-state index contributed by atoms with van der Waals surface area (Å²) in [5.41, 5.74) is 0.474. The zero-order valence-electron chi connectivity index (χ0n) is 9.59. The third kappa shape index (κ3) is 1.39. The predicted octanol–water partition coefficient (Wildman–Crippen LogP) is 0.995. The Morgan fingerprint density at radius 1 is 1.38 bits per heavy atom. The third-order valence-corrected chi connectivity index (χ3v) is 3.09. The molecule has 2 fully saturated rings. The Labute approximate surface area is 92.7 Å². The Bertz CT molecular complexity index is 326. The maximum atomic E-state index is 13.8. The van der Waals surface area contributed by atoms with Gasteiger partial charge in [-0.25, -0.2) is 13.6 Å². The number of hydrogen-bond acceptors (Lipinski definition) is 3. The number of amides is 1. The van der Waals surface area contributed by atoms with Crippen molar-refractivity contribution < 1.29 is 18.3 Å². The van der Waals surface area contributed by atoms with Crippen LogP contribution in [-0.2, 0) is 4.74 Å². The van der Waals surface area contributed by atoms with E-state index in [4.69, 9.17) is 10.5 Å². The van der Waals surface area contributed by atoms with Gasteiger partial charge in [0.05, 0.1) is 19.1 Å². The fraction of sp³-hybridized carbons (Fsp3) is 0.900. The topological polar surface area (TPSA) is 55.6 Å². The van der Waals surface area contributed by atoms with E-state index < -0.39 is 29.1 Å². The molecular weight excluding hydrogens is 218 g/mol. The number of carbonyl (C=O) groups excluding carboxylic acids is 1. The average molecular weight is 234 g/mol. The Morgan fingerprint density at radius 2 is 1.81 bits per heavy atom. The van der Waals surface area contributed by atoms with Crippen LogP contribution < -0.4 is 5.73 Å². The Morgan fingerprint density at radius 3 is 2.19 bits per heavy atom. The molecule has 1 amide bonds. The van der Waals surface area contributed by atoms with Crippen molar-refractivity contribution in [1.29, 1.82) is 0 Å². The SMILES string of the molecule is CC(C)(C)OC(=O)N1CC2(F)C(N)C2(F)C1. The molecule has 0 aromatic rings. The first-order valence-electron chi connectivity index (χ1n) is 5.21. The zero-order valence-corrected chi connectivity index (χ0v) is 9.59. The van der Waals surface area contributed by atoms with Crippen LogP contribution in [0.3, 0.4) is 0 Å². The number of hydrogen-bond donors (Lipinski definition) is 1. The first-order chi connectivity index (χ1) is 7.10. The van der Waals surface area contributed by atoms with Gasteiger partial charge in [0, 0.05) is 0 Å². The van der Waals surface area contributed by atoms with E-state index in [1.807, 2.05) is 0 Å². The number of alkyl halides is 2. The maximum absolute atomic E-state index is 13.8. The molecule has 2 N–H and O–H groups in total. The Balaban J connectivity index is 1.99. The lowest BCUT2D eigenvalue weighted by Crippen LogP contribution is -2.41. The Hall–Kier alpha value is -0.910. The number of nitrogens with zero attached hydrogens (tertiary/aromatic N) is 1. The second-order valence-corrected chi connectivity index (χ2v) is 5.54. The van der Waals surface area contributed by atoms with Gasteiger partial charge in [-0.2, -0.15) is 0 Å². The summed E-state index contributed by atoms with van der Waals surface area (Å²) in [6.07, 6.45) is -0.694. The van der Waals surface area contributed by atoms with E-state index in [9.17, 15) is 13.6 Å². The molecule has 0 aromatic carbocycles. The van der Waals surface area contributed by atoms with Crippen molar-refractivity contribution in [2.75, 3.05) is 13.1 Å². The summed E-state index contributed by atoms with van der Waals surface area (Å²) in [6, 6.07) is -1.11. The number of piperidine rings is 1. The predicted molar refractivity (Wildman–Crippen MR) is 53.5 cm³/mol. The molecule has 16 heavy (non-hydrogen) atoms. The molecule has 0 bridgehead atoms. The molecule has 0 spiro atoms. The van der Waals surface area contributed by atoms with E-state index in [0.717, 1.165) is 4.90 Å². The lowest BCUT2D eigenvalue weighted by Gasteiger charge is -2.25. The molecule has 92 valence electrons. The third-order valence-electron chi connectivity index (χ3n) is 3.09. The summed E-state index contributed by atoms with van der Waals surface area (Å²) < 4.78 is 32.5. The fourth-order valence-corrected chi connectivity index (χ4v) is 2.08. The van der Waals surface area contributed by atoms with Gasteiger partial charge in [0.25, 0.3) is 0 Å². The molecule has 0 radical (unpaired) electrons. The van der Waals surface area contributed by atoms with Crippen molar-refractivity contribution in [3.05, 3.63) is 0 Å². The number of halogens is 2. The van der Waals surface area contributed by atoms with E-state index in [1.54, 1.807) is 20.8 Å². The molecule has 1 aliphatic carbocycles. The van der Waals surface area contributed by atoms with Crippen molar-refractivity contribution in [2.45, 2.75) is 43.8 Å². The van der Waals surface area contributed by atoms with E-state index in [-0.39, 0.29) is 13.1 Å². The second kappa shape index (κ2) is 2.85. The highest BCUT2D eigenvalue weighted by Crippen LogP contribution is 2.58. The lowest BCUT2D eigenvalue weighted by atomic mass is 10.2. The second-order valence-electron chi connectivity index (χ2n) is 5.54. The van der Waals surface area contributed by atoms with E-state index in [2.05, 4.69) is 0 Å². The summed E-state index contributed by atoms with van der Waals surface area (Å²) >= 11 is 0. The molecule has 6 heteroatoms. The normalized spacial score (nSPS) is 41.9. The monoisotopic (exact) mass is 234 g/mol. The van der Waals surface area contributed by atoms with Crippen LogP contribution in [0.1, 0.15) is 20.8 Å². The van der Waals surface area contributed by atoms with Gasteiger partial charge in [0.2, 0.25) is 0 Å². The highest BCUT2D eigenvalue weighted by atomic mass is 19.2. The standard InChI is InChI=1S/C10H16F2N2O2/c1-8(2,3)16-7(15)14-4-9(11)6(13)10(9,12)5-14/h6H,4-5,13H2,1-3H3. The fourth-order valence-electron chi connectivity index (χ4n) is 2.08. The summed E-state index contributed by atoms with van der Waals surface area (Å²) in [5, 5.41) is 0. The van der Waals surface area contributed by atoms with Gasteiger partial charge in [-0.15, -0.1) is 0 Å². The smallest absolute Gasteiger partial charge is 0.410 e. The number of likely N-dealkylation sites (tertiary alicyclic amines) is 1. The minimum atomic E-state index is -2.08. The van der Waals surface area contributed by atoms with Crippen LogP contribution in [0.25, 0.3) is 0 Å². The highest BCUT2D eigenvalue weighted by molar-refractivity contribution is 5.70. The van der Waals surface area contributed by atoms with Crippen molar-refractivity contribution in [3.8, 4) is 0 Å². The van der Waals surface area contributed by atoms with Crippen LogP contribution in [0.15, 0.2) is 0 Å². The minimum Gasteiger partial charge on any atom is -0.444 e. The molecule has 2 rings (SSSR count). The van der Waals surface area contributed by atoms with E-state index >= 15 is 0 Å². The zero-order chi connectivity index (χ0) is 12.4. The van der Waals surface area contributed by atoms with Gasteiger partial charge in [-0.3, -0.25) is 0 Å². The van der Waals surface area contributed by atoms with Gasteiger partial charge in [-0.1, -0.05) is 0 Å². The number of nitrogens with two attached hydrogens (primary N) is 1. The summed E-state index contributed by atoms with van der Waals surface area (Å²) in [5.74, 6) is 0. The average Bonchev–Trinajstić information content (AvgIpc) is 2.39. The Kier molecular flexibility index (Phi) is 2.06. The molecule has 2 atom stereocenters. The van der Waals surface area contributed by atoms with Gasteiger partial charge in [0.1, 0.15) is 5.60 Å². The number of fused-ring (bicyclic) bond motifs is 1. The quantitative estimate of drug-likeness (QED) is 0.680. The molecule has 4 nitrogen and oxygen atoms in total. The molecule has 2 unspecified atom stereocenters. The molecule has 1 saturated heterocycles. The van der Waals surface area contributed by atoms with Crippen LogP contribution in [0.2, 0.25) is 0 Å². The van der Waals surface area contributed by atoms with Crippen molar-refractivity contribution >= 4 is 6.09 Å². The summed E-state index contributed by atoms with van der Waals surface area (Å²) in [4.78, 5) is 12.6. The lowest BCUT2D eigenvalue weighted by molar-refractivity contribution is 0.0236. The van der Waals surface area contributed by atoms with Crippen molar-refractivity contribution in [3.63, 3.8) is 0 Å². The molecule has 2 aliphatic rings. The van der Waals surface area contributed by atoms with Gasteiger partial charge >= 0.3 is 6.09 Å². The number of carbonyl (C=O) groups is 1. The number of ether oxygens (including phenoxy) is 1. The van der Waals surface area contributed by atoms with Crippen LogP contribution in [0.4, 0.5) is 13.6 Å². The molecule has 1 saturated carbocycles.